The van der Waals surface area contributed by atoms with Crippen LogP contribution in [0.15, 0.2) is 53.3 Å². The minimum atomic E-state index is -0.340. The third-order valence-electron chi connectivity index (χ3n) is 4.19. The van der Waals surface area contributed by atoms with Crippen LogP contribution in [0, 0.1) is 6.92 Å². The molecule has 0 fully saturated rings. The lowest BCUT2D eigenvalue weighted by atomic mass is 10.1. The third kappa shape index (κ3) is 4.53. The van der Waals surface area contributed by atoms with Gasteiger partial charge >= 0.3 is 5.97 Å². The first-order valence-corrected chi connectivity index (χ1v) is 8.93. The molecular weight excluding hydrogens is 344 g/mol. The Morgan fingerprint density at radius 2 is 1.96 bits per heavy atom. The van der Waals surface area contributed by atoms with Gasteiger partial charge < -0.3 is 9.47 Å². The first-order chi connectivity index (χ1) is 13.1. The summed E-state index contributed by atoms with van der Waals surface area (Å²) in [5, 5.41) is 0. The van der Waals surface area contributed by atoms with Crippen LogP contribution in [0.3, 0.4) is 0 Å². The van der Waals surface area contributed by atoms with E-state index < -0.39 is 0 Å². The Kier molecular flexibility index (Phi) is 5.86. The maximum atomic E-state index is 12.2. The molecule has 0 N–H and O–H groups in total. The zero-order chi connectivity index (χ0) is 19.2. The summed E-state index contributed by atoms with van der Waals surface area (Å²) in [6, 6.07) is 14.5. The normalized spacial score (nSPS) is 10.7. The van der Waals surface area contributed by atoms with Gasteiger partial charge in [0.15, 0.2) is 0 Å². The van der Waals surface area contributed by atoms with Gasteiger partial charge in [0.25, 0.3) is 5.56 Å². The van der Waals surface area contributed by atoms with Gasteiger partial charge in [0.1, 0.15) is 18.0 Å². The van der Waals surface area contributed by atoms with Crippen LogP contribution >= 0.6 is 0 Å². The van der Waals surface area contributed by atoms with E-state index in [0.717, 1.165) is 17.0 Å². The van der Waals surface area contributed by atoms with Crippen molar-refractivity contribution >= 4 is 11.6 Å². The minimum absolute atomic E-state index is 0.0222. The largest absolute Gasteiger partial charge is 0.494 e. The molecule has 2 heterocycles. The van der Waals surface area contributed by atoms with E-state index in [4.69, 9.17) is 9.47 Å². The van der Waals surface area contributed by atoms with E-state index in [-0.39, 0.29) is 24.6 Å². The van der Waals surface area contributed by atoms with Crippen molar-refractivity contribution in [3.63, 3.8) is 0 Å². The molecule has 0 bridgehead atoms. The van der Waals surface area contributed by atoms with E-state index in [1.54, 1.807) is 6.07 Å². The first kappa shape index (κ1) is 18.6. The van der Waals surface area contributed by atoms with Crippen LogP contribution in [-0.2, 0) is 22.6 Å². The highest BCUT2D eigenvalue weighted by atomic mass is 16.5. The number of carbonyl (C=O) groups excluding carboxylic acids is 1. The van der Waals surface area contributed by atoms with Gasteiger partial charge in [0.05, 0.1) is 12.3 Å². The van der Waals surface area contributed by atoms with Crippen LogP contribution in [0.4, 0.5) is 0 Å². The predicted octanol–water partition coefficient (Wildman–Crippen LogP) is 3.08. The second-order valence-electron chi connectivity index (χ2n) is 6.15. The Labute approximate surface area is 157 Å². The molecule has 0 saturated carbocycles. The Balaban J connectivity index is 1.61. The summed E-state index contributed by atoms with van der Waals surface area (Å²) < 4.78 is 12.4. The number of rotatable bonds is 7. The summed E-state index contributed by atoms with van der Waals surface area (Å²) in [5.74, 6) is 0.444. The highest BCUT2D eigenvalue weighted by Gasteiger charge is 2.10. The van der Waals surface area contributed by atoms with E-state index >= 15 is 0 Å². The maximum Gasteiger partial charge on any atom is 0.306 e. The number of fused-ring (bicyclic) bond motifs is 1. The Hall–Kier alpha value is -3.15. The summed E-state index contributed by atoms with van der Waals surface area (Å²) in [5.41, 5.74) is 2.57. The summed E-state index contributed by atoms with van der Waals surface area (Å²) in [6.07, 6.45) is 0.762. The van der Waals surface area contributed by atoms with E-state index in [0.29, 0.717) is 24.4 Å². The van der Waals surface area contributed by atoms with Crippen molar-refractivity contribution in [3.8, 4) is 5.75 Å². The summed E-state index contributed by atoms with van der Waals surface area (Å²) in [7, 11) is 0. The summed E-state index contributed by atoms with van der Waals surface area (Å²) >= 11 is 0. The number of hydrogen-bond donors (Lipinski definition) is 0. The van der Waals surface area contributed by atoms with E-state index in [9.17, 15) is 9.59 Å². The van der Waals surface area contributed by atoms with E-state index in [2.05, 4.69) is 4.98 Å². The number of esters is 1. The van der Waals surface area contributed by atoms with Gasteiger partial charge in [-0.05, 0) is 44.0 Å². The summed E-state index contributed by atoms with van der Waals surface area (Å²) in [6.45, 7) is 4.32. The number of carbonyl (C=O) groups is 1. The van der Waals surface area contributed by atoms with Gasteiger partial charge in [-0.15, -0.1) is 0 Å². The van der Waals surface area contributed by atoms with E-state index in [1.807, 2.05) is 50.2 Å². The zero-order valence-electron chi connectivity index (χ0n) is 15.5. The lowest BCUT2D eigenvalue weighted by Gasteiger charge is -2.10. The molecule has 0 radical (unpaired) electrons. The highest BCUT2D eigenvalue weighted by molar-refractivity contribution is 5.69. The second kappa shape index (κ2) is 8.49. The predicted molar refractivity (Wildman–Crippen MR) is 102 cm³/mol. The Bertz CT molecular complexity index is 1010. The molecule has 2 aromatic heterocycles. The molecule has 1 aromatic carbocycles. The number of aromatic nitrogens is 2. The average Bonchev–Trinajstić information content (AvgIpc) is 2.66. The van der Waals surface area contributed by atoms with Crippen LogP contribution in [0.25, 0.3) is 5.65 Å². The monoisotopic (exact) mass is 366 g/mol. The molecule has 0 atom stereocenters. The number of para-hydroxylation sites is 1. The van der Waals surface area contributed by atoms with Gasteiger partial charge in [-0.25, -0.2) is 4.98 Å². The van der Waals surface area contributed by atoms with Crippen molar-refractivity contribution in [2.24, 2.45) is 0 Å². The van der Waals surface area contributed by atoms with Crippen LogP contribution in [-0.4, -0.2) is 22.0 Å². The van der Waals surface area contributed by atoms with Crippen LogP contribution in [0.1, 0.15) is 30.3 Å². The number of ether oxygens (including phenoxy) is 2. The molecule has 3 aromatic rings. The highest BCUT2D eigenvalue weighted by Crippen LogP contribution is 2.19. The molecule has 0 amide bonds. The zero-order valence-corrected chi connectivity index (χ0v) is 15.5. The second-order valence-corrected chi connectivity index (χ2v) is 6.15. The SMILES string of the molecule is CCOc1ccccc1CCC(=O)OCc1cc(=O)n2c(C)cccc2n1. The van der Waals surface area contributed by atoms with Crippen molar-refractivity contribution in [2.75, 3.05) is 6.61 Å². The molecule has 0 aliphatic heterocycles. The fourth-order valence-corrected chi connectivity index (χ4v) is 2.91. The standard InChI is InChI=1S/C21H22N2O4/c1-3-26-18-9-5-4-8-16(18)11-12-21(25)27-14-17-13-20(24)23-15(2)7-6-10-19(23)22-17/h4-10,13H,3,11-12,14H2,1-2H3. The lowest BCUT2D eigenvalue weighted by molar-refractivity contribution is -0.145. The number of nitrogens with zero attached hydrogens (tertiary/aromatic N) is 2. The molecular formula is C21H22N2O4. The van der Waals surface area contributed by atoms with Crippen molar-refractivity contribution in [2.45, 2.75) is 33.3 Å². The molecule has 6 nitrogen and oxygen atoms in total. The van der Waals surface area contributed by atoms with E-state index in [1.165, 1.54) is 10.5 Å². The van der Waals surface area contributed by atoms with Crippen LogP contribution in [0.2, 0.25) is 0 Å². The number of hydrogen-bond acceptors (Lipinski definition) is 5. The van der Waals surface area contributed by atoms with Crippen molar-refractivity contribution in [1.82, 2.24) is 9.38 Å². The summed E-state index contributed by atoms with van der Waals surface area (Å²) in [4.78, 5) is 28.7. The average molecular weight is 366 g/mol. The fraction of sp³-hybridized carbons (Fsp3) is 0.286. The van der Waals surface area contributed by atoms with Crippen molar-refractivity contribution < 1.29 is 14.3 Å². The Morgan fingerprint density at radius 1 is 1.15 bits per heavy atom. The number of pyridine rings is 1. The van der Waals surface area contributed by atoms with Gasteiger partial charge in [-0.3, -0.25) is 14.0 Å². The smallest absolute Gasteiger partial charge is 0.306 e. The molecule has 0 saturated heterocycles. The van der Waals surface area contributed by atoms with Crippen molar-refractivity contribution in [3.05, 3.63) is 75.8 Å². The lowest BCUT2D eigenvalue weighted by Crippen LogP contribution is -2.18. The number of benzene rings is 1. The molecule has 6 heteroatoms. The van der Waals surface area contributed by atoms with Gasteiger partial charge in [0.2, 0.25) is 0 Å². The van der Waals surface area contributed by atoms with Gasteiger partial charge in [-0.1, -0.05) is 24.3 Å². The quantitative estimate of drug-likeness (QED) is 0.601. The topological polar surface area (TPSA) is 69.9 Å². The third-order valence-corrected chi connectivity index (χ3v) is 4.19. The maximum absolute atomic E-state index is 12.2. The Morgan fingerprint density at radius 3 is 2.78 bits per heavy atom. The molecule has 27 heavy (non-hydrogen) atoms. The molecule has 0 aliphatic carbocycles. The molecule has 140 valence electrons. The first-order valence-electron chi connectivity index (χ1n) is 8.93. The number of aryl methyl sites for hydroxylation is 2. The molecule has 3 rings (SSSR count). The molecule has 0 aliphatic rings. The van der Waals surface area contributed by atoms with Gasteiger partial charge in [0, 0.05) is 18.2 Å². The molecule has 0 unspecified atom stereocenters. The molecule has 0 spiro atoms. The van der Waals surface area contributed by atoms with Crippen molar-refractivity contribution in [1.29, 1.82) is 0 Å². The van der Waals surface area contributed by atoms with Crippen LogP contribution < -0.4 is 10.3 Å². The van der Waals surface area contributed by atoms with Crippen LogP contribution in [0.5, 0.6) is 5.75 Å². The minimum Gasteiger partial charge on any atom is -0.494 e. The fourth-order valence-electron chi connectivity index (χ4n) is 2.91. The van der Waals surface area contributed by atoms with Gasteiger partial charge in [-0.2, -0.15) is 0 Å².